The number of rotatable bonds is 5. The Hall–Kier alpha value is -1.59. The monoisotopic (exact) mass is 259 g/mol. The van der Waals surface area contributed by atoms with Crippen molar-refractivity contribution in [1.82, 2.24) is 0 Å². The van der Waals surface area contributed by atoms with Gasteiger partial charge in [0.25, 0.3) is 0 Å². The highest BCUT2D eigenvalue weighted by Gasteiger charge is 2.25. The van der Waals surface area contributed by atoms with Crippen molar-refractivity contribution >= 4 is 24.3 Å². The first-order chi connectivity index (χ1) is 7.65. The number of carbonyl (C=O) groups excluding carboxylic acids is 1. The summed E-state index contributed by atoms with van der Waals surface area (Å²) in [5.74, 6) is -3.36. The highest BCUT2D eigenvalue weighted by atomic mass is 35.5. The van der Waals surface area contributed by atoms with Gasteiger partial charge in [0.15, 0.2) is 5.92 Å². The lowest BCUT2D eigenvalue weighted by molar-refractivity contribution is -0.159. The second-order valence-electron chi connectivity index (χ2n) is 3.22. The highest BCUT2D eigenvalue weighted by Crippen LogP contribution is 2.04. The zero-order valence-electron chi connectivity index (χ0n) is 9.04. The SMILES string of the molecule is Cl.NCC(C(=O)O)C(=O)OCc1ccccc1. The molecular weight excluding hydrogens is 246 g/mol. The van der Waals surface area contributed by atoms with E-state index in [9.17, 15) is 9.59 Å². The van der Waals surface area contributed by atoms with E-state index in [0.717, 1.165) is 5.56 Å². The van der Waals surface area contributed by atoms with Gasteiger partial charge in [0.2, 0.25) is 0 Å². The summed E-state index contributed by atoms with van der Waals surface area (Å²) >= 11 is 0. The minimum absolute atomic E-state index is 0. The molecule has 1 aromatic rings. The van der Waals surface area contributed by atoms with E-state index in [0.29, 0.717) is 0 Å². The van der Waals surface area contributed by atoms with Gasteiger partial charge in [-0.2, -0.15) is 0 Å². The third-order valence-corrected chi connectivity index (χ3v) is 2.04. The Kier molecular flexibility index (Phi) is 6.93. The Morgan fingerprint density at radius 1 is 1.29 bits per heavy atom. The number of hydrogen-bond acceptors (Lipinski definition) is 4. The maximum Gasteiger partial charge on any atom is 0.321 e. The quantitative estimate of drug-likeness (QED) is 0.603. The number of carboxylic acid groups (broad SMARTS) is 1. The van der Waals surface area contributed by atoms with Crippen molar-refractivity contribution in [1.29, 1.82) is 0 Å². The fraction of sp³-hybridized carbons (Fsp3) is 0.273. The number of carbonyl (C=O) groups is 2. The topological polar surface area (TPSA) is 89.6 Å². The normalized spacial score (nSPS) is 11.1. The molecule has 17 heavy (non-hydrogen) atoms. The average Bonchev–Trinajstić information content (AvgIpc) is 2.28. The van der Waals surface area contributed by atoms with Crippen LogP contribution in [0.25, 0.3) is 0 Å². The molecule has 0 spiro atoms. The van der Waals surface area contributed by atoms with Gasteiger partial charge in [-0.25, -0.2) is 0 Å². The smallest absolute Gasteiger partial charge is 0.321 e. The molecule has 5 nitrogen and oxygen atoms in total. The first-order valence-electron chi connectivity index (χ1n) is 4.78. The number of ether oxygens (including phenoxy) is 1. The highest BCUT2D eigenvalue weighted by molar-refractivity contribution is 5.94. The van der Waals surface area contributed by atoms with Crippen LogP contribution in [0.5, 0.6) is 0 Å². The summed E-state index contributed by atoms with van der Waals surface area (Å²) in [5.41, 5.74) is 5.96. The number of carboxylic acids is 1. The van der Waals surface area contributed by atoms with Gasteiger partial charge >= 0.3 is 11.9 Å². The van der Waals surface area contributed by atoms with Crippen LogP contribution in [0.3, 0.4) is 0 Å². The van der Waals surface area contributed by atoms with Crippen molar-refractivity contribution in [3.05, 3.63) is 35.9 Å². The van der Waals surface area contributed by atoms with E-state index in [1.54, 1.807) is 24.3 Å². The number of hydrogen-bond donors (Lipinski definition) is 2. The van der Waals surface area contributed by atoms with Crippen molar-refractivity contribution in [3.63, 3.8) is 0 Å². The molecule has 3 N–H and O–H groups in total. The Morgan fingerprint density at radius 3 is 2.35 bits per heavy atom. The van der Waals surface area contributed by atoms with Crippen LogP contribution in [0.1, 0.15) is 5.56 Å². The van der Waals surface area contributed by atoms with Crippen LogP contribution < -0.4 is 5.73 Å². The molecule has 0 bridgehead atoms. The molecule has 1 rings (SSSR count). The molecule has 94 valence electrons. The van der Waals surface area contributed by atoms with Gasteiger partial charge in [0.1, 0.15) is 6.61 Å². The van der Waals surface area contributed by atoms with Gasteiger partial charge in [0.05, 0.1) is 0 Å². The minimum atomic E-state index is -1.29. The molecule has 0 fully saturated rings. The summed E-state index contributed by atoms with van der Waals surface area (Å²) in [6, 6.07) is 9.02. The van der Waals surface area contributed by atoms with E-state index in [1.165, 1.54) is 0 Å². The Bertz CT molecular complexity index is 369. The molecule has 0 aliphatic heterocycles. The molecular formula is C11H14ClNO4. The number of nitrogens with two attached hydrogens (primary N) is 1. The van der Waals surface area contributed by atoms with Crippen LogP contribution in [0.4, 0.5) is 0 Å². The zero-order chi connectivity index (χ0) is 12.0. The van der Waals surface area contributed by atoms with Crippen LogP contribution >= 0.6 is 12.4 Å². The largest absolute Gasteiger partial charge is 0.481 e. The molecule has 0 aliphatic rings. The molecule has 0 aliphatic carbocycles. The second kappa shape index (κ2) is 7.65. The van der Waals surface area contributed by atoms with Gasteiger partial charge in [-0.3, -0.25) is 9.59 Å². The molecule has 0 saturated carbocycles. The van der Waals surface area contributed by atoms with Crippen LogP contribution in [0.2, 0.25) is 0 Å². The number of esters is 1. The summed E-state index contributed by atoms with van der Waals surface area (Å²) in [4.78, 5) is 21.9. The summed E-state index contributed by atoms with van der Waals surface area (Å²) in [7, 11) is 0. The van der Waals surface area contributed by atoms with Crippen molar-refractivity contribution in [2.75, 3.05) is 6.54 Å². The van der Waals surface area contributed by atoms with E-state index in [2.05, 4.69) is 0 Å². The summed E-state index contributed by atoms with van der Waals surface area (Å²) in [5, 5.41) is 8.66. The zero-order valence-corrected chi connectivity index (χ0v) is 9.85. The fourth-order valence-corrected chi connectivity index (χ4v) is 1.13. The number of aliphatic carboxylic acids is 1. The molecule has 1 atom stereocenters. The number of benzene rings is 1. The van der Waals surface area contributed by atoms with Gasteiger partial charge in [0, 0.05) is 6.54 Å². The lowest BCUT2D eigenvalue weighted by Gasteiger charge is -2.09. The van der Waals surface area contributed by atoms with Crippen molar-refractivity contribution in [2.24, 2.45) is 11.7 Å². The maximum atomic E-state index is 11.3. The van der Waals surface area contributed by atoms with E-state index in [1.807, 2.05) is 6.07 Å². The molecule has 0 radical (unpaired) electrons. The van der Waals surface area contributed by atoms with E-state index >= 15 is 0 Å². The standard InChI is InChI=1S/C11H13NO4.ClH/c12-6-9(10(13)14)11(15)16-7-8-4-2-1-3-5-8;/h1-5,9H,6-7,12H2,(H,13,14);1H. The molecule has 0 saturated heterocycles. The van der Waals surface area contributed by atoms with Gasteiger partial charge in [-0.15, -0.1) is 12.4 Å². The molecule has 0 aromatic heterocycles. The third-order valence-electron chi connectivity index (χ3n) is 2.04. The Balaban J connectivity index is 0.00000256. The van der Waals surface area contributed by atoms with Crippen molar-refractivity contribution in [3.8, 4) is 0 Å². The summed E-state index contributed by atoms with van der Waals surface area (Å²) in [6.45, 7) is -0.202. The van der Waals surface area contributed by atoms with Crippen molar-refractivity contribution in [2.45, 2.75) is 6.61 Å². The molecule has 0 heterocycles. The Morgan fingerprint density at radius 2 is 1.88 bits per heavy atom. The van der Waals surface area contributed by atoms with E-state index in [-0.39, 0.29) is 25.6 Å². The van der Waals surface area contributed by atoms with Gasteiger partial charge in [-0.1, -0.05) is 30.3 Å². The summed E-state index contributed by atoms with van der Waals surface area (Å²) in [6.07, 6.45) is 0. The van der Waals surface area contributed by atoms with E-state index < -0.39 is 17.9 Å². The predicted octanol–water partition coefficient (Wildman–Crippen LogP) is 0.811. The van der Waals surface area contributed by atoms with Crippen LogP contribution in [-0.2, 0) is 20.9 Å². The van der Waals surface area contributed by atoms with Gasteiger partial charge in [-0.05, 0) is 5.56 Å². The minimum Gasteiger partial charge on any atom is -0.481 e. The lowest BCUT2D eigenvalue weighted by atomic mass is 10.1. The molecule has 1 aromatic carbocycles. The average molecular weight is 260 g/mol. The van der Waals surface area contributed by atoms with Crippen molar-refractivity contribution < 1.29 is 19.4 Å². The Labute approximate surface area is 105 Å². The molecule has 0 amide bonds. The first-order valence-corrected chi connectivity index (χ1v) is 4.78. The molecule has 1 unspecified atom stereocenters. The number of halogens is 1. The third kappa shape index (κ3) is 4.84. The second-order valence-corrected chi connectivity index (χ2v) is 3.22. The first kappa shape index (κ1) is 15.4. The van der Waals surface area contributed by atoms with E-state index in [4.69, 9.17) is 15.6 Å². The van der Waals surface area contributed by atoms with Crippen LogP contribution in [0.15, 0.2) is 30.3 Å². The molecule has 6 heteroatoms. The van der Waals surface area contributed by atoms with Gasteiger partial charge < -0.3 is 15.6 Å². The lowest BCUT2D eigenvalue weighted by Crippen LogP contribution is -2.32. The predicted molar refractivity (Wildman–Crippen MR) is 63.7 cm³/mol. The van der Waals surface area contributed by atoms with Crippen LogP contribution in [-0.4, -0.2) is 23.6 Å². The fourth-order valence-electron chi connectivity index (χ4n) is 1.13. The maximum absolute atomic E-state index is 11.3. The van der Waals surface area contributed by atoms with Crippen LogP contribution in [0, 0.1) is 5.92 Å². The summed E-state index contributed by atoms with van der Waals surface area (Å²) < 4.78 is 4.84.